The summed E-state index contributed by atoms with van der Waals surface area (Å²) in [6.45, 7) is 6.44. The standard InChI is InChI=1S/C13H20BrNO/c1-4-10(3)15-13(8-16)11-6-5-9(2)7-12(11)14/h5-7,10,13,15-16H,4,8H2,1-3H3. The number of hydrogen-bond acceptors (Lipinski definition) is 2. The lowest BCUT2D eigenvalue weighted by Gasteiger charge is -2.22. The van der Waals surface area contributed by atoms with Gasteiger partial charge in [-0.1, -0.05) is 35.0 Å². The smallest absolute Gasteiger partial charge is 0.0627 e. The predicted octanol–water partition coefficient (Wildman–Crippen LogP) is 3.18. The Kier molecular flexibility index (Phi) is 5.46. The van der Waals surface area contributed by atoms with E-state index in [9.17, 15) is 5.11 Å². The first-order valence-corrected chi connectivity index (χ1v) is 6.50. The summed E-state index contributed by atoms with van der Waals surface area (Å²) < 4.78 is 1.06. The van der Waals surface area contributed by atoms with Crippen molar-refractivity contribution < 1.29 is 5.11 Å². The molecule has 1 aromatic rings. The molecule has 0 aliphatic heterocycles. The molecule has 0 fully saturated rings. The second kappa shape index (κ2) is 6.38. The van der Waals surface area contributed by atoms with E-state index in [1.165, 1.54) is 5.56 Å². The normalized spacial score (nSPS) is 14.8. The number of benzene rings is 1. The van der Waals surface area contributed by atoms with Crippen molar-refractivity contribution >= 4 is 15.9 Å². The first-order chi connectivity index (χ1) is 7.58. The maximum absolute atomic E-state index is 9.43. The molecule has 0 spiro atoms. The molecule has 2 unspecified atom stereocenters. The Hall–Kier alpha value is -0.380. The lowest BCUT2D eigenvalue weighted by molar-refractivity contribution is 0.233. The van der Waals surface area contributed by atoms with Gasteiger partial charge in [0.15, 0.2) is 0 Å². The highest BCUT2D eigenvalue weighted by Gasteiger charge is 2.15. The maximum atomic E-state index is 9.43. The number of nitrogens with one attached hydrogen (secondary N) is 1. The molecular weight excluding hydrogens is 266 g/mol. The minimum Gasteiger partial charge on any atom is -0.394 e. The van der Waals surface area contributed by atoms with Crippen molar-refractivity contribution in [2.45, 2.75) is 39.3 Å². The number of aliphatic hydroxyl groups excluding tert-OH is 1. The van der Waals surface area contributed by atoms with Crippen LogP contribution in [0, 0.1) is 6.92 Å². The number of rotatable bonds is 5. The molecule has 2 nitrogen and oxygen atoms in total. The average Bonchev–Trinajstić information content (AvgIpc) is 2.26. The van der Waals surface area contributed by atoms with Crippen molar-refractivity contribution in [3.63, 3.8) is 0 Å². The molecule has 1 aromatic carbocycles. The van der Waals surface area contributed by atoms with Gasteiger partial charge in [0.05, 0.1) is 12.6 Å². The van der Waals surface area contributed by atoms with Crippen LogP contribution in [0.5, 0.6) is 0 Å². The van der Waals surface area contributed by atoms with Gasteiger partial charge in [-0.2, -0.15) is 0 Å². The van der Waals surface area contributed by atoms with E-state index in [2.05, 4.69) is 60.2 Å². The summed E-state index contributed by atoms with van der Waals surface area (Å²) in [4.78, 5) is 0. The van der Waals surface area contributed by atoms with Crippen LogP contribution in [0.4, 0.5) is 0 Å². The molecule has 1 rings (SSSR count). The van der Waals surface area contributed by atoms with E-state index in [-0.39, 0.29) is 12.6 Å². The van der Waals surface area contributed by atoms with E-state index >= 15 is 0 Å². The largest absolute Gasteiger partial charge is 0.394 e. The Morgan fingerprint density at radius 2 is 2.12 bits per heavy atom. The Bertz CT molecular complexity index is 341. The van der Waals surface area contributed by atoms with Gasteiger partial charge in [0.1, 0.15) is 0 Å². The third-order valence-corrected chi connectivity index (χ3v) is 3.50. The first-order valence-electron chi connectivity index (χ1n) is 5.71. The zero-order valence-electron chi connectivity index (χ0n) is 10.1. The Morgan fingerprint density at radius 1 is 1.44 bits per heavy atom. The Morgan fingerprint density at radius 3 is 2.62 bits per heavy atom. The van der Waals surface area contributed by atoms with Gasteiger partial charge in [0.2, 0.25) is 0 Å². The van der Waals surface area contributed by atoms with Crippen LogP contribution in [0.25, 0.3) is 0 Å². The summed E-state index contributed by atoms with van der Waals surface area (Å²) >= 11 is 3.55. The van der Waals surface area contributed by atoms with Crippen LogP contribution in [-0.4, -0.2) is 17.8 Å². The highest BCUT2D eigenvalue weighted by atomic mass is 79.9. The molecule has 0 aromatic heterocycles. The molecule has 0 heterocycles. The molecule has 3 heteroatoms. The molecule has 0 radical (unpaired) electrons. The fraction of sp³-hybridized carbons (Fsp3) is 0.538. The summed E-state index contributed by atoms with van der Waals surface area (Å²) in [5, 5.41) is 12.8. The number of aryl methyl sites for hydroxylation is 1. The van der Waals surface area contributed by atoms with Crippen LogP contribution in [0.15, 0.2) is 22.7 Å². The molecule has 2 N–H and O–H groups in total. The van der Waals surface area contributed by atoms with Crippen LogP contribution in [0.2, 0.25) is 0 Å². The number of halogens is 1. The molecule has 0 aliphatic carbocycles. The highest BCUT2D eigenvalue weighted by Crippen LogP contribution is 2.25. The van der Waals surface area contributed by atoms with E-state index in [0.717, 1.165) is 16.5 Å². The molecule has 0 bridgehead atoms. The van der Waals surface area contributed by atoms with Crippen LogP contribution in [0.3, 0.4) is 0 Å². The van der Waals surface area contributed by atoms with Crippen molar-refractivity contribution in [3.8, 4) is 0 Å². The van der Waals surface area contributed by atoms with Crippen LogP contribution >= 0.6 is 15.9 Å². The van der Waals surface area contributed by atoms with Gasteiger partial charge in [0, 0.05) is 10.5 Å². The van der Waals surface area contributed by atoms with Gasteiger partial charge >= 0.3 is 0 Å². The minimum absolute atomic E-state index is 0.00456. The molecule has 0 saturated carbocycles. The van der Waals surface area contributed by atoms with Gasteiger partial charge < -0.3 is 10.4 Å². The van der Waals surface area contributed by atoms with Crippen LogP contribution in [0.1, 0.15) is 37.4 Å². The van der Waals surface area contributed by atoms with Crippen molar-refractivity contribution in [3.05, 3.63) is 33.8 Å². The average molecular weight is 286 g/mol. The third-order valence-electron chi connectivity index (χ3n) is 2.81. The number of hydrogen-bond donors (Lipinski definition) is 2. The summed E-state index contributed by atoms with van der Waals surface area (Å²) in [5.41, 5.74) is 2.34. The molecular formula is C13H20BrNO. The zero-order valence-corrected chi connectivity index (χ0v) is 11.7. The molecule has 0 aliphatic rings. The van der Waals surface area contributed by atoms with Gasteiger partial charge in [0.25, 0.3) is 0 Å². The fourth-order valence-electron chi connectivity index (χ4n) is 1.62. The summed E-state index contributed by atoms with van der Waals surface area (Å²) in [5.74, 6) is 0. The monoisotopic (exact) mass is 285 g/mol. The minimum atomic E-state index is 0.00456. The van der Waals surface area contributed by atoms with Crippen molar-refractivity contribution in [1.29, 1.82) is 0 Å². The van der Waals surface area contributed by atoms with Crippen LogP contribution < -0.4 is 5.32 Å². The second-order valence-electron chi connectivity index (χ2n) is 4.24. The first kappa shape index (κ1) is 13.7. The molecule has 16 heavy (non-hydrogen) atoms. The van der Waals surface area contributed by atoms with Gasteiger partial charge in [-0.3, -0.25) is 0 Å². The van der Waals surface area contributed by atoms with E-state index in [1.807, 2.05) is 0 Å². The van der Waals surface area contributed by atoms with Crippen LogP contribution in [-0.2, 0) is 0 Å². The van der Waals surface area contributed by atoms with Crippen molar-refractivity contribution in [2.75, 3.05) is 6.61 Å². The summed E-state index contributed by atoms with van der Waals surface area (Å²) in [6.07, 6.45) is 1.06. The molecule has 2 atom stereocenters. The van der Waals surface area contributed by atoms with E-state index in [4.69, 9.17) is 0 Å². The Balaban J connectivity index is 2.86. The predicted molar refractivity (Wildman–Crippen MR) is 71.6 cm³/mol. The number of aliphatic hydroxyl groups is 1. The molecule has 0 amide bonds. The van der Waals surface area contributed by atoms with Gasteiger partial charge in [-0.25, -0.2) is 0 Å². The van der Waals surface area contributed by atoms with E-state index in [0.29, 0.717) is 6.04 Å². The highest BCUT2D eigenvalue weighted by molar-refractivity contribution is 9.10. The van der Waals surface area contributed by atoms with Crippen molar-refractivity contribution in [1.82, 2.24) is 5.32 Å². The van der Waals surface area contributed by atoms with E-state index in [1.54, 1.807) is 0 Å². The summed E-state index contributed by atoms with van der Waals surface area (Å²) in [6, 6.07) is 6.63. The summed E-state index contributed by atoms with van der Waals surface area (Å²) in [7, 11) is 0. The van der Waals surface area contributed by atoms with E-state index < -0.39 is 0 Å². The van der Waals surface area contributed by atoms with Gasteiger partial charge in [-0.05, 0) is 37.5 Å². The second-order valence-corrected chi connectivity index (χ2v) is 5.09. The van der Waals surface area contributed by atoms with Gasteiger partial charge in [-0.15, -0.1) is 0 Å². The molecule has 90 valence electrons. The maximum Gasteiger partial charge on any atom is 0.0627 e. The lowest BCUT2D eigenvalue weighted by Crippen LogP contribution is -2.32. The zero-order chi connectivity index (χ0) is 12.1. The SMILES string of the molecule is CCC(C)NC(CO)c1ccc(C)cc1Br. The lowest BCUT2D eigenvalue weighted by atomic mass is 10.0. The third kappa shape index (κ3) is 3.58. The Labute approximate surface area is 106 Å². The van der Waals surface area contributed by atoms with Crippen molar-refractivity contribution in [2.24, 2.45) is 0 Å². The quantitative estimate of drug-likeness (QED) is 0.871. The fourth-order valence-corrected chi connectivity index (χ4v) is 2.39. The topological polar surface area (TPSA) is 32.3 Å². The molecule has 0 saturated heterocycles.